The molecule has 2 heteroatoms. The molecule has 0 saturated carbocycles. The number of anilines is 1. The second-order valence-electron chi connectivity index (χ2n) is 5.30. The predicted molar refractivity (Wildman–Crippen MR) is 83.5 cm³/mol. The summed E-state index contributed by atoms with van der Waals surface area (Å²) in [6.07, 6.45) is 2.65. The quantitative estimate of drug-likeness (QED) is 0.868. The van der Waals surface area contributed by atoms with E-state index >= 15 is 0 Å². The fraction of sp³-hybridized carbons (Fsp3) is 0.222. The molecule has 2 aromatic carbocycles. The van der Waals surface area contributed by atoms with Crippen molar-refractivity contribution >= 4 is 11.6 Å². The Bertz CT molecular complexity index is 561. The first-order valence-electron chi connectivity index (χ1n) is 6.94. The summed E-state index contributed by atoms with van der Waals surface area (Å²) in [6, 6.07) is 17.6. The number of carbonyl (C=O) groups is 1. The summed E-state index contributed by atoms with van der Waals surface area (Å²) in [7, 11) is 0. The van der Waals surface area contributed by atoms with Gasteiger partial charge in [-0.25, -0.2) is 0 Å². The molecule has 103 valence electrons. The van der Waals surface area contributed by atoms with Crippen molar-refractivity contribution in [1.29, 1.82) is 0 Å². The van der Waals surface area contributed by atoms with Crippen LogP contribution < -0.4 is 5.32 Å². The summed E-state index contributed by atoms with van der Waals surface area (Å²) in [6.45, 7) is 4.36. The van der Waals surface area contributed by atoms with Crippen LogP contribution in [0.25, 0.3) is 0 Å². The molecule has 0 unspecified atom stereocenters. The summed E-state index contributed by atoms with van der Waals surface area (Å²) in [5.41, 5.74) is 3.02. The molecule has 0 spiro atoms. The van der Waals surface area contributed by atoms with Crippen LogP contribution in [0.4, 0.5) is 5.69 Å². The van der Waals surface area contributed by atoms with Crippen molar-refractivity contribution in [2.24, 2.45) is 5.92 Å². The first-order valence-corrected chi connectivity index (χ1v) is 6.94. The number of benzene rings is 2. The molecule has 20 heavy (non-hydrogen) atoms. The van der Waals surface area contributed by atoms with Gasteiger partial charge in [0, 0.05) is 5.69 Å². The number of carbonyl (C=O) groups excluding carboxylic acids is 1. The third-order valence-corrected chi connectivity index (χ3v) is 3.01. The average molecular weight is 266 g/mol. The van der Waals surface area contributed by atoms with E-state index < -0.39 is 0 Å². The molecular formula is C18H20NO. The zero-order valence-electron chi connectivity index (χ0n) is 12.0. The first-order chi connectivity index (χ1) is 9.65. The van der Waals surface area contributed by atoms with Crippen LogP contribution in [0, 0.1) is 12.3 Å². The summed E-state index contributed by atoms with van der Waals surface area (Å²) < 4.78 is 0. The van der Waals surface area contributed by atoms with Crippen molar-refractivity contribution in [2.45, 2.75) is 20.3 Å². The lowest BCUT2D eigenvalue weighted by atomic mass is 9.96. The lowest BCUT2D eigenvalue weighted by Gasteiger charge is -2.11. The predicted octanol–water partition coefficient (Wildman–Crippen LogP) is 4.08. The Morgan fingerprint density at radius 3 is 2.40 bits per heavy atom. The molecule has 0 saturated heterocycles. The zero-order valence-corrected chi connectivity index (χ0v) is 12.0. The minimum absolute atomic E-state index is 0.0904. The minimum atomic E-state index is -0.0904. The largest absolute Gasteiger partial charge is 0.326 e. The van der Waals surface area contributed by atoms with Crippen molar-refractivity contribution in [2.75, 3.05) is 5.32 Å². The monoisotopic (exact) mass is 266 g/mol. The van der Waals surface area contributed by atoms with E-state index in [9.17, 15) is 4.79 Å². The third-order valence-electron chi connectivity index (χ3n) is 3.01. The van der Waals surface area contributed by atoms with Gasteiger partial charge >= 0.3 is 0 Å². The standard InChI is InChI=1S/C18H20NO/c1-14(2)12-15-8-6-7-9-16(15)13-18(20)19-17-10-4-3-5-11-17/h3-11,13-14H,12H2,1-2H3,(H,19,20). The fourth-order valence-electron chi connectivity index (χ4n) is 2.14. The lowest BCUT2D eigenvalue weighted by molar-refractivity contribution is -0.112. The Labute approximate surface area is 120 Å². The molecule has 1 amide bonds. The molecule has 0 atom stereocenters. The molecule has 0 bridgehead atoms. The van der Waals surface area contributed by atoms with Crippen LogP contribution in [-0.4, -0.2) is 5.91 Å². The highest BCUT2D eigenvalue weighted by atomic mass is 16.1. The van der Waals surface area contributed by atoms with Gasteiger partial charge in [-0.1, -0.05) is 56.3 Å². The summed E-state index contributed by atoms with van der Waals surface area (Å²) >= 11 is 0. The van der Waals surface area contributed by atoms with E-state index in [0.29, 0.717) is 5.92 Å². The Morgan fingerprint density at radius 1 is 1.05 bits per heavy atom. The van der Waals surface area contributed by atoms with Crippen LogP contribution >= 0.6 is 0 Å². The van der Waals surface area contributed by atoms with Gasteiger partial charge in [0.25, 0.3) is 0 Å². The summed E-state index contributed by atoms with van der Waals surface area (Å²) in [4.78, 5) is 12.1. The number of amides is 1. The molecule has 2 aromatic rings. The van der Waals surface area contributed by atoms with Gasteiger partial charge < -0.3 is 5.32 Å². The van der Waals surface area contributed by atoms with E-state index in [1.54, 1.807) is 6.42 Å². The third kappa shape index (κ3) is 4.23. The van der Waals surface area contributed by atoms with Crippen LogP contribution in [0.1, 0.15) is 25.0 Å². The highest BCUT2D eigenvalue weighted by Gasteiger charge is 2.09. The van der Waals surface area contributed by atoms with Gasteiger partial charge in [0.1, 0.15) is 0 Å². The second kappa shape index (κ2) is 6.90. The Kier molecular flexibility index (Phi) is 4.94. The maximum atomic E-state index is 12.1. The Balaban J connectivity index is 2.04. The number of hydrogen-bond donors (Lipinski definition) is 1. The molecule has 0 fully saturated rings. The van der Waals surface area contributed by atoms with E-state index in [0.717, 1.165) is 17.7 Å². The van der Waals surface area contributed by atoms with Gasteiger partial charge in [-0.2, -0.15) is 0 Å². The van der Waals surface area contributed by atoms with Gasteiger partial charge in [0.15, 0.2) is 0 Å². The fourth-order valence-corrected chi connectivity index (χ4v) is 2.14. The van der Waals surface area contributed by atoms with Crippen LogP contribution in [0.3, 0.4) is 0 Å². The number of hydrogen-bond acceptors (Lipinski definition) is 1. The van der Waals surface area contributed by atoms with Crippen molar-refractivity contribution in [3.05, 3.63) is 72.1 Å². The molecule has 0 aliphatic heterocycles. The van der Waals surface area contributed by atoms with Gasteiger partial charge in [-0.05, 0) is 35.6 Å². The molecule has 0 heterocycles. The van der Waals surface area contributed by atoms with Gasteiger partial charge in [0.2, 0.25) is 5.91 Å². The van der Waals surface area contributed by atoms with Crippen molar-refractivity contribution in [1.82, 2.24) is 0 Å². The smallest absolute Gasteiger partial charge is 0.233 e. The van der Waals surface area contributed by atoms with Crippen LogP contribution in [-0.2, 0) is 11.2 Å². The average Bonchev–Trinajstić information content (AvgIpc) is 2.41. The Hall–Kier alpha value is -2.09. The van der Waals surface area contributed by atoms with E-state index in [2.05, 4.69) is 25.2 Å². The second-order valence-corrected chi connectivity index (χ2v) is 5.30. The normalized spacial score (nSPS) is 10.6. The van der Waals surface area contributed by atoms with Crippen molar-refractivity contribution in [3.8, 4) is 0 Å². The lowest BCUT2D eigenvalue weighted by Crippen LogP contribution is -2.13. The molecule has 0 aliphatic carbocycles. The van der Waals surface area contributed by atoms with Crippen LogP contribution in [0.5, 0.6) is 0 Å². The molecule has 2 nitrogen and oxygen atoms in total. The first kappa shape index (κ1) is 14.3. The molecule has 2 rings (SSSR count). The maximum absolute atomic E-state index is 12.1. The van der Waals surface area contributed by atoms with Gasteiger partial charge in [0.05, 0.1) is 6.42 Å². The SMILES string of the molecule is CC(C)Cc1ccccc1[CH]C(=O)Nc1ccccc1. The number of nitrogens with one attached hydrogen (secondary N) is 1. The topological polar surface area (TPSA) is 29.1 Å². The highest BCUT2D eigenvalue weighted by molar-refractivity contribution is 5.99. The van der Waals surface area contributed by atoms with Crippen LogP contribution in [0.2, 0.25) is 0 Å². The van der Waals surface area contributed by atoms with E-state index in [-0.39, 0.29) is 5.91 Å². The van der Waals surface area contributed by atoms with E-state index in [4.69, 9.17) is 0 Å². The molecule has 0 aromatic heterocycles. The zero-order chi connectivity index (χ0) is 14.4. The van der Waals surface area contributed by atoms with E-state index in [1.807, 2.05) is 48.5 Å². The molecule has 1 N–H and O–H groups in total. The van der Waals surface area contributed by atoms with Crippen molar-refractivity contribution in [3.63, 3.8) is 0 Å². The molecule has 1 radical (unpaired) electrons. The summed E-state index contributed by atoms with van der Waals surface area (Å²) in [5, 5.41) is 2.88. The summed E-state index contributed by atoms with van der Waals surface area (Å²) in [5.74, 6) is 0.481. The van der Waals surface area contributed by atoms with Gasteiger partial charge in [-0.15, -0.1) is 0 Å². The highest BCUT2D eigenvalue weighted by Crippen LogP contribution is 2.16. The molecule has 0 aliphatic rings. The maximum Gasteiger partial charge on any atom is 0.233 e. The van der Waals surface area contributed by atoms with Crippen molar-refractivity contribution < 1.29 is 4.79 Å². The number of para-hydroxylation sites is 1. The van der Waals surface area contributed by atoms with Gasteiger partial charge in [-0.3, -0.25) is 4.79 Å². The van der Waals surface area contributed by atoms with Crippen LogP contribution in [0.15, 0.2) is 54.6 Å². The Morgan fingerprint density at radius 2 is 1.70 bits per heavy atom. The minimum Gasteiger partial charge on any atom is -0.326 e. The number of rotatable bonds is 5. The molecular weight excluding hydrogens is 246 g/mol. The van der Waals surface area contributed by atoms with E-state index in [1.165, 1.54) is 5.56 Å².